The lowest BCUT2D eigenvalue weighted by molar-refractivity contribution is -0.117. The van der Waals surface area contributed by atoms with Crippen LogP contribution in [0.1, 0.15) is 33.7 Å². The van der Waals surface area contributed by atoms with E-state index in [9.17, 15) is 14.7 Å². The predicted molar refractivity (Wildman–Crippen MR) is 132 cm³/mol. The standard InChI is InChI=1S/C26H18BrN3O5/c1-12-3-6-16-17(9-12)29-26(28-16)30-22(19-7-4-13(2)34-19)21(24(32)25(30)33)23(31)20-11-14-10-15(27)5-8-18(14)35-20/h3-11,22,32H,1-2H3,(H,28,29). The Labute approximate surface area is 207 Å². The Hall–Kier alpha value is -4.11. The molecule has 1 unspecified atom stereocenters. The van der Waals surface area contributed by atoms with Gasteiger partial charge < -0.3 is 18.9 Å². The number of halogens is 1. The number of ketones is 1. The highest BCUT2D eigenvalue weighted by molar-refractivity contribution is 9.10. The summed E-state index contributed by atoms with van der Waals surface area (Å²) in [4.78, 5) is 35.9. The van der Waals surface area contributed by atoms with Gasteiger partial charge in [0.1, 0.15) is 23.1 Å². The van der Waals surface area contributed by atoms with Gasteiger partial charge in [0.05, 0.1) is 16.6 Å². The van der Waals surface area contributed by atoms with Crippen molar-refractivity contribution in [1.29, 1.82) is 0 Å². The molecule has 0 spiro atoms. The summed E-state index contributed by atoms with van der Waals surface area (Å²) in [6, 6.07) is 15.0. The number of furan rings is 2. The van der Waals surface area contributed by atoms with Gasteiger partial charge in [0.2, 0.25) is 11.7 Å². The molecule has 9 heteroatoms. The lowest BCUT2D eigenvalue weighted by Crippen LogP contribution is -2.31. The average molecular weight is 532 g/mol. The zero-order valence-electron chi connectivity index (χ0n) is 18.6. The Kier molecular flexibility index (Phi) is 4.72. The maximum atomic E-state index is 13.7. The molecule has 0 saturated heterocycles. The van der Waals surface area contributed by atoms with E-state index in [-0.39, 0.29) is 17.3 Å². The van der Waals surface area contributed by atoms with Crippen LogP contribution in [0, 0.1) is 13.8 Å². The minimum atomic E-state index is -1.04. The summed E-state index contributed by atoms with van der Waals surface area (Å²) in [5.74, 6) is -0.940. The fourth-order valence-electron chi connectivity index (χ4n) is 4.41. The molecule has 3 aromatic heterocycles. The van der Waals surface area contributed by atoms with Gasteiger partial charge in [0.25, 0.3) is 5.91 Å². The zero-order chi connectivity index (χ0) is 24.4. The number of carbonyl (C=O) groups excluding carboxylic acids is 2. The molecule has 174 valence electrons. The van der Waals surface area contributed by atoms with Crippen LogP contribution in [-0.4, -0.2) is 26.8 Å². The van der Waals surface area contributed by atoms with Crippen LogP contribution in [0.2, 0.25) is 0 Å². The second kappa shape index (κ2) is 7.71. The summed E-state index contributed by atoms with van der Waals surface area (Å²) in [5, 5.41) is 11.6. The van der Waals surface area contributed by atoms with E-state index in [1.165, 1.54) is 4.90 Å². The number of amides is 1. The Morgan fingerprint density at radius 3 is 2.69 bits per heavy atom. The second-order valence-electron chi connectivity index (χ2n) is 8.49. The number of carbonyl (C=O) groups is 2. The molecule has 1 aliphatic rings. The van der Waals surface area contributed by atoms with Crippen LogP contribution in [0.15, 0.2) is 79.2 Å². The first-order valence-electron chi connectivity index (χ1n) is 10.8. The highest BCUT2D eigenvalue weighted by atomic mass is 79.9. The third-order valence-electron chi connectivity index (χ3n) is 6.04. The van der Waals surface area contributed by atoms with E-state index in [4.69, 9.17) is 8.83 Å². The summed E-state index contributed by atoms with van der Waals surface area (Å²) >= 11 is 3.41. The predicted octanol–water partition coefficient (Wildman–Crippen LogP) is 6.06. The van der Waals surface area contributed by atoms with E-state index in [1.54, 1.807) is 37.3 Å². The molecule has 35 heavy (non-hydrogen) atoms. The molecule has 0 saturated carbocycles. The number of aromatic nitrogens is 2. The van der Waals surface area contributed by atoms with Crippen molar-refractivity contribution in [2.75, 3.05) is 4.90 Å². The van der Waals surface area contributed by atoms with Crippen LogP contribution in [0.25, 0.3) is 22.0 Å². The minimum absolute atomic E-state index is 0.00260. The van der Waals surface area contributed by atoms with Crippen molar-refractivity contribution >= 4 is 55.6 Å². The number of aromatic amines is 1. The molecular formula is C26H18BrN3O5. The Balaban J connectivity index is 1.50. The summed E-state index contributed by atoms with van der Waals surface area (Å²) in [5.41, 5.74) is 2.76. The van der Waals surface area contributed by atoms with Gasteiger partial charge >= 0.3 is 0 Å². The van der Waals surface area contributed by atoms with E-state index in [0.717, 1.165) is 15.6 Å². The Morgan fingerprint density at radius 1 is 1.09 bits per heavy atom. The minimum Gasteiger partial charge on any atom is -0.503 e. The van der Waals surface area contributed by atoms with Gasteiger partial charge in [-0.15, -0.1) is 0 Å². The maximum absolute atomic E-state index is 13.7. The smallest absolute Gasteiger partial charge is 0.296 e. The molecule has 5 aromatic rings. The zero-order valence-corrected chi connectivity index (χ0v) is 20.2. The van der Waals surface area contributed by atoms with Crippen LogP contribution in [0.5, 0.6) is 0 Å². The number of nitrogens with zero attached hydrogens (tertiary/aromatic N) is 2. The van der Waals surface area contributed by atoms with E-state index < -0.39 is 23.5 Å². The summed E-state index contributed by atoms with van der Waals surface area (Å²) in [7, 11) is 0. The number of hydrogen-bond acceptors (Lipinski definition) is 6. The van der Waals surface area contributed by atoms with Gasteiger partial charge in [-0.05, 0) is 67.9 Å². The molecule has 0 aliphatic carbocycles. The second-order valence-corrected chi connectivity index (χ2v) is 9.41. The monoisotopic (exact) mass is 531 g/mol. The van der Waals surface area contributed by atoms with Gasteiger partial charge in [-0.3, -0.25) is 14.5 Å². The Bertz CT molecular complexity index is 1710. The van der Waals surface area contributed by atoms with Crippen molar-refractivity contribution in [3.8, 4) is 0 Å². The number of H-pyrrole nitrogens is 1. The van der Waals surface area contributed by atoms with E-state index in [2.05, 4.69) is 25.9 Å². The molecule has 8 nitrogen and oxygen atoms in total. The fourth-order valence-corrected chi connectivity index (χ4v) is 4.79. The van der Waals surface area contributed by atoms with Crippen LogP contribution >= 0.6 is 15.9 Å². The average Bonchev–Trinajstić information content (AvgIpc) is 3.58. The number of nitrogens with one attached hydrogen (secondary N) is 1. The van der Waals surface area contributed by atoms with E-state index >= 15 is 0 Å². The van der Waals surface area contributed by atoms with Crippen LogP contribution < -0.4 is 4.90 Å². The number of aryl methyl sites for hydroxylation is 2. The lowest BCUT2D eigenvalue weighted by atomic mass is 9.99. The lowest BCUT2D eigenvalue weighted by Gasteiger charge is -2.22. The highest BCUT2D eigenvalue weighted by Gasteiger charge is 2.48. The largest absolute Gasteiger partial charge is 0.503 e. The number of hydrogen-bond donors (Lipinski definition) is 2. The molecule has 6 rings (SSSR count). The van der Waals surface area contributed by atoms with Gasteiger partial charge in [0.15, 0.2) is 11.5 Å². The van der Waals surface area contributed by atoms with Crippen molar-refractivity contribution in [2.24, 2.45) is 0 Å². The summed E-state index contributed by atoms with van der Waals surface area (Å²) < 4.78 is 12.4. The number of benzene rings is 2. The SMILES string of the molecule is Cc1ccc2nc(N3C(=O)C(O)=C(C(=O)c4cc5cc(Br)ccc5o4)C3c3ccc(C)o3)[nH]c2c1. The molecule has 1 aliphatic heterocycles. The maximum Gasteiger partial charge on any atom is 0.296 e. The third-order valence-corrected chi connectivity index (χ3v) is 6.53. The van der Waals surface area contributed by atoms with Crippen molar-refractivity contribution in [2.45, 2.75) is 19.9 Å². The van der Waals surface area contributed by atoms with Crippen molar-refractivity contribution in [3.63, 3.8) is 0 Å². The quantitative estimate of drug-likeness (QED) is 0.272. The summed E-state index contributed by atoms with van der Waals surface area (Å²) in [6.07, 6.45) is 0. The summed E-state index contributed by atoms with van der Waals surface area (Å²) in [6.45, 7) is 3.71. The van der Waals surface area contributed by atoms with Gasteiger partial charge in [-0.25, -0.2) is 4.98 Å². The number of Topliss-reactive ketones (excluding diaryl/α,β-unsaturated/α-hetero) is 1. The van der Waals surface area contributed by atoms with Gasteiger partial charge in [-0.1, -0.05) is 22.0 Å². The number of aliphatic hydroxyl groups is 1. The first kappa shape index (κ1) is 21.4. The first-order chi connectivity index (χ1) is 16.8. The third kappa shape index (κ3) is 3.38. The van der Waals surface area contributed by atoms with Crippen molar-refractivity contribution < 1.29 is 23.5 Å². The molecule has 0 radical (unpaired) electrons. The highest BCUT2D eigenvalue weighted by Crippen LogP contribution is 2.42. The number of aliphatic hydroxyl groups excluding tert-OH is 1. The number of anilines is 1. The topological polar surface area (TPSA) is 113 Å². The molecule has 1 amide bonds. The van der Waals surface area contributed by atoms with Crippen LogP contribution in [0.4, 0.5) is 5.95 Å². The van der Waals surface area contributed by atoms with Crippen molar-refractivity contribution in [1.82, 2.24) is 9.97 Å². The van der Waals surface area contributed by atoms with Crippen LogP contribution in [-0.2, 0) is 4.79 Å². The number of imidazole rings is 1. The molecule has 2 N–H and O–H groups in total. The molecule has 2 aromatic carbocycles. The van der Waals surface area contributed by atoms with Gasteiger partial charge in [-0.2, -0.15) is 0 Å². The first-order valence-corrected chi connectivity index (χ1v) is 11.6. The number of rotatable bonds is 4. The molecular weight excluding hydrogens is 514 g/mol. The molecule has 4 heterocycles. The molecule has 0 fully saturated rings. The van der Waals surface area contributed by atoms with Gasteiger partial charge in [0, 0.05) is 9.86 Å². The van der Waals surface area contributed by atoms with Crippen molar-refractivity contribution in [3.05, 3.63) is 93.2 Å². The number of fused-ring (bicyclic) bond motifs is 2. The fraction of sp³-hybridized carbons (Fsp3) is 0.115. The normalized spacial score (nSPS) is 16.3. The van der Waals surface area contributed by atoms with E-state index in [1.807, 2.05) is 31.2 Å². The molecule has 0 bridgehead atoms. The Morgan fingerprint density at radius 2 is 1.91 bits per heavy atom. The van der Waals surface area contributed by atoms with E-state index in [0.29, 0.717) is 28.0 Å². The van der Waals surface area contributed by atoms with Crippen LogP contribution in [0.3, 0.4) is 0 Å². The molecule has 1 atom stereocenters.